The van der Waals surface area contributed by atoms with Gasteiger partial charge in [0.05, 0.1) is 6.57 Å². The van der Waals surface area contributed by atoms with Crippen molar-refractivity contribution in [1.82, 2.24) is 0 Å². The lowest BCUT2D eigenvalue weighted by Crippen LogP contribution is -2.02. The highest BCUT2D eigenvalue weighted by molar-refractivity contribution is 5.47. The number of rotatable bonds is 2. The van der Waals surface area contributed by atoms with Gasteiger partial charge in [-0.2, -0.15) is 0 Å². The van der Waals surface area contributed by atoms with Gasteiger partial charge >= 0.3 is 0 Å². The standard InChI is InChI=1S/C9H9FN2/c1-12-9-3-2-7(4-5-11)6-8(9)10/h2-3,6H,4-5,11H2. The van der Waals surface area contributed by atoms with Crippen LogP contribution in [0.15, 0.2) is 18.2 Å². The van der Waals surface area contributed by atoms with Crippen LogP contribution in [0.1, 0.15) is 5.56 Å². The van der Waals surface area contributed by atoms with Crippen molar-refractivity contribution in [3.05, 3.63) is 41.0 Å². The molecule has 0 amide bonds. The Morgan fingerprint density at radius 3 is 2.75 bits per heavy atom. The molecular formula is C9H9FN2. The SMILES string of the molecule is [C-]#[N+]c1ccc(CCN)cc1F. The highest BCUT2D eigenvalue weighted by Gasteiger charge is 2.01. The Morgan fingerprint density at radius 2 is 2.25 bits per heavy atom. The Bertz CT molecular complexity index is 315. The molecule has 0 bridgehead atoms. The minimum Gasteiger partial charge on any atom is -0.330 e. The van der Waals surface area contributed by atoms with Crippen LogP contribution < -0.4 is 5.73 Å². The fourth-order valence-electron chi connectivity index (χ4n) is 0.963. The fraction of sp³-hybridized carbons (Fsp3) is 0.222. The summed E-state index contributed by atoms with van der Waals surface area (Å²) in [5, 5.41) is 0. The van der Waals surface area contributed by atoms with E-state index in [1.54, 1.807) is 6.07 Å². The summed E-state index contributed by atoms with van der Waals surface area (Å²) < 4.78 is 12.9. The van der Waals surface area contributed by atoms with E-state index < -0.39 is 5.82 Å². The molecule has 1 rings (SSSR count). The third-order valence-electron chi connectivity index (χ3n) is 1.57. The van der Waals surface area contributed by atoms with Gasteiger partial charge in [0.2, 0.25) is 5.69 Å². The summed E-state index contributed by atoms with van der Waals surface area (Å²) in [5.41, 5.74) is 6.20. The van der Waals surface area contributed by atoms with Gasteiger partial charge in [0, 0.05) is 0 Å². The van der Waals surface area contributed by atoms with Gasteiger partial charge in [-0.25, -0.2) is 9.24 Å². The molecule has 2 nitrogen and oxygen atoms in total. The van der Waals surface area contributed by atoms with Crippen molar-refractivity contribution in [2.24, 2.45) is 5.73 Å². The molecule has 62 valence electrons. The van der Waals surface area contributed by atoms with E-state index in [1.165, 1.54) is 12.1 Å². The fourth-order valence-corrected chi connectivity index (χ4v) is 0.963. The van der Waals surface area contributed by atoms with E-state index in [0.717, 1.165) is 5.56 Å². The summed E-state index contributed by atoms with van der Waals surface area (Å²) >= 11 is 0. The molecule has 12 heavy (non-hydrogen) atoms. The zero-order valence-electron chi connectivity index (χ0n) is 6.55. The van der Waals surface area contributed by atoms with Crippen LogP contribution in [-0.4, -0.2) is 6.54 Å². The van der Waals surface area contributed by atoms with Crippen LogP contribution in [0.4, 0.5) is 10.1 Å². The van der Waals surface area contributed by atoms with Crippen molar-refractivity contribution in [2.75, 3.05) is 6.54 Å². The molecular weight excluding hydrogens is 155 g/mol. The molecule has 0 fully saturated rings. The minimum atomic E-state index is -0.462. The maximum Gasteiger partial charge on any atom is 0.222 e. The normalized spacial score (nSPS) is 9.42. The van der Waals surface area contributed by atoms with Crippen molar-refractivity contribution in [1.29, 1.82) is 0 Å². The molecule has 0 saturated heterocycles. The van der Waals surface area contributed by atoms with Gasteiger partial charge < -0.3 is 5.73 Å². The van der Waals surface area contributed by atoms with E-state index in [4.69, 9.17) is 12.3 Å². The molecule has 0 aromatic heterocycles. The Labute approximate surface area is 70.6 Å². The van der Waals surface area contributed by atoms with E-state index in [2.05, 4.69) is 4.85 Å². The average Bonchev–Trinajstić information content (AvgIpc) is 2.05. The summed E-state index contributed by atoms with van der Waals surface area (Å²) in [5.74, 6) is -0.462. The summed E-state index contributed by atoms with van der Waals surface area (Å²) in [7, 11) is 0. The van der Waals surface area contributed by atoms with Crippen molar-refractivity contribution in [2.45, 2.75) is 6.42 Å². The lowest BCUT2D eigenvalue weighted by molar-refractivity contribution is 0.631. The first kappa shape index (κ1) is 8.69. The van der Waals surface area contributed by atoms with E-state index in [1.807, 2.05) is 0 Å². The summed E-state index contributed by atoms with van der Waals surface area (Å²) in [4.78, 5) is 3.02. The molecule has 0 unspecified atom stereocenters. The van der Waals surface area contributed by atoms with E-state index in [-0.39, 0.29) is 5.69 Å². The number of hydrogen-bond acceptors (Lipinski definition) is 1. The highest BCUT2D eigenvalue weighted by atomic mass is 19.1. The van der Waals surface area contributed by atoms with Crippen molar-refractivity contribution >= 4 is 5.69 Å². The van der Waals surface area contributed by atoms with Crippen molar-refractivity contribution in [3.8, 4) is 0 Å². The monoisotopic (exact) mass is 164 g/mol. The van der Waals surface area contributed by atoms with Gasteiger partial charge in [-0.15, -0.1) is 0 Å². The topological polar surface area (TPSA) is 30.4 Å². The number of nitrogens with zero attached hydrogens (tertiary/aromatic N) is 1. The molecule has 0 spiro atoms. The van der Waals surface area contributed by atoms with Crippen LogP contribution in [-0.2, 0) is 6.42 Å². The first-order valence-corrected chi connectivity index (χ1v) is 3.64. The number of benzene rings is 1. The Hall–Kier alpha value is -1.40. The maximum absolute atomic E-state index is 12.9. The molecule has 0 saturated carbocycles. The third-order valence-corrected chi connectivity index (χ3v) is 1.57. The Morgan fingerprint density at radius 1 is 1.50 bits per heavy atom. The van der Waals surface area contributed by atoms with Gasteiger partial charge in [-0.1, -0.05) is 12.1 Å². The van der Waals surface area contributed by atoms with Gasteiger partial charge in [0.15, 0.2) is 0 Å². The van der Waals surface area contributed by atoms with E-state index in [0.29, 0.717) is 13.0 Å². The summed E-state index contributed by atoms with van der Waals surface area (Å²) in [6.07, 6.45) is 0.648. The van der Waals surface area contributed by atoms with Crippen LogP contribution in [0, 0.1) is 12.4 Å². The average molecular weight is 164 g/mol. The number of nitrogens with two attached hydrogens (primary N) is 1. The molecule has 2 N–H and O–H groups in total. The predicted octanol–water partition coefficient (Wildman–Crippen LogP) is 1.88. The minimum absolute atomic E-state index is 0.0655. The van der Waals surface area contributed by atoms with E-state index >= 15 is 0 Å². The Kier molecular flexibility index (Phi) is 2.78. The zero-order valence-corrected chi connectivity index (χ0v) is 6.55. The first-order valence-electron chi connectivity index (χ1n) is 3.64. The largest absolute Gasteiger partial charge is 0.330 e. The predicted molar refractivity (Wildman–Crippen MR) is 45.4 cm³/mol. The summed E-state index contributed by atoms with van der Waals surface area (Å²) in [6.45, 7) is 7.11. The first-order chi connectivity index (χ1) is 5.77. The highest BCUT2D eigenvalue weighted by Crippen LogP contribution is 2.18. The lowest BCUT2D eigenvalue weighted by atomic mass is 10.1. The number of hydrogen-bond donors (Lipinski definition) is 1. The van der Waals surface area contributed by atoms with Gasteiger partial charge in [0.25, 0.3) is 0 Å². The van der Waals surface area contributed by atoms with Gasteiger partial charge in [0.1, 0.15) is 5.82 Å². The van der Waals surface area contributed by atoms with Crippen molar-refractivity contribution < 1.29 is 4.39 Å². The van der Waals surface area contributed by atoms with Crippen LogP contribution in [0.25, 0.3) is 4.85 Å². The quantitative estimate of drug-likeness (QED) is 0.664. The molecule has 3 heteroatoms. The second kappa shape index (κ2) is 3.84. The smallest absolute Gasteiger partial charge is 0.222 e. The zero-order chi connectivity index (χ0) is 8.97. The molecule has 0 aliphatic rings. The molecule has 0 radical (unpaired) electrons. The molecule has 0 aliphatic carbocycles. The van der Waals surface area contributed by atoms with Crippen molar-refractivity contribution in [3.63, 3.8) is 0 Å². The lowest BCUT2D eigenvalue weighted by Gasteiger charge is -1.99. The van der Waals surface area contributed by atoms with Gasteiger partial charge in [-0.3, -0.25) is 0 Å². The van der Waals surface area contributed by atoms with Crippen LogP contribution >= 0.6 is 0 Å². The van der Waals surface area contributed by atoms with Gasteiger partial charge in [-0.05, 0) is 24.6 Å². The van der Waals surface area contributed by atoms with Crippen LogP contribution in [0.5, 0.6) is 0 Å². The molecule has 1 aromatic rings. The van der Waals surface area contributed by atoms with Crippen LogP contribution in [0.2, 0.25) is 0 Å². The Balaban J connectivity index is 2.96. The second-order valence-corrected chi connectivity index (χ2v) is 2.44. The third kappa shape index (κ3) is 1.80. The molecule has 1 aromatic carbocycles. The molecule has 0 heterocycles. The van der Waals surface area contributed by atoms with Crippen LogP contribution in [0.3, 0.4) is 0 Å². The maximum atomic E-state index is 12.9. The molecule has 0 atom stereocenters. The molecule has 0 aliphatic heterocycles. The number of halogens is 1. The van der Waals surface area contributed by atoms with E-state index in [9.17, 15) is 4.39 Å². The summed E-state index contributed by atoms with van der Waals surface area (Å²) in [6, 6.07) is 4.57. The second-order valence-electron chi connectivity index (χ2n) is 2.44.